The fourth-order valence-electron chi connectivity index (χ4n) is 3.86. The van der Waals surface area contributed by atoms with E-state index in [-0.39, 0.29) is 24.3 Å². The van der Waals surface area contributed by atoms with Gasteiger partial charge in [-0.15, -0.1) is 0 Å². The van der Waals surface area contributed by atoms with E-state index in [1.54, 1.807) is 18.1 Å². The van der Waals surface area contributed by atoms with E-state index in [1.165, 1.54) is 0 Å². The predicted molar refractivity (Wildman–Crippen MR) is 120 cm³/mol. The van der Waals surface area contributed by atoms with Gasteiger partial charge in [0, 0.05) is 23.7 Å². The van der Waals surface area contributed by atoms with Gasteiger partial charge in [-0.25, -0.2) is 0 Å². The molecule has 1 atom stereocenters. The monoisotopic (exact) mass is 434 g/mol. The van der Waals surface area contributed by atoms with Gasteiger partial charge < -0.3 is 15.0 Å². The molecular weight excluding hydrogens is 412 g/mol. The molecule has 1 aliphatic rings. The summed E-state index contributed by atoms with van der Waals surface area (Å²) in [5.74, 6) is 0.535. The lowest BCUT2D eigenvalue weighted by molar-refractivity contribution is -0.122. The molecule has 1 N–H and O–H groups in total. The zero-order valence-corrected chi connectivity index (χ0v) is 17.9. The Bertz CT molecular complexity index is 1100. The second-order valence-corrected chi connectivity index (χ2v) is 7.93. The van der Waals surface area contributed by atoms with E-state index in [4.69, 9.17) is 16.3 Å². The molecular formula is C25H23ClN2O3. The maximum Gasteiger partial charge on any atom is 0.255 e. The Morgan fingerprint density at radius 2 is 1.87 bits per heavy atom. The third kappa shape index (κ3) is 4.72. The number of halogens is 1. The molecule has 1 unspecified atom stereocenters. The highest BCUT2D eigenvalue weighted by molar-refractivity contribution is 6.30. The highest BCUT2D eigenvalue weighted by Crippen LogP contribution is 2.34. The molecule has 2 amide bonds. The molecule has 0 aromatic heterocycles. The van der Waals surface area contributed by atoms with Crippen molar-refractivity contribution in [2.45, 2.75) is 25.6 Å². The molecule has 0 saturated heterocycles. The van der Waals surface area contributed by atoms with Crippen LogP contribution in [0.3, 0.4) is 0 Å². The van der Waals surface area contributed by atoms with E-state index in [0.29, 0.717) is 23.7 Å². The first-order chi connectivity index (χ1) is 15.0. The molecule has 0 bridgehead atoms. The lowest BCUT2D eigenvalue weighted by atomic mass is 10.0. The van der Waals surface area contributed by atoms with Crippen molar-refractivity contribution in [3.8, 4) is 5.75 Å². The van der Waals surface area contributed by atoms with Crippen molar-refractivity contribution in [2.75, 3.05) is 7.11 Å². The molecule has 6 heteroatoms. The maximum absolute atomic E-state index is 13.1. The van der Waals surface area contributed by atoms with Crippen molar-refractivity contribution >= 4 is 23.4 Å². The summed E-state index contributed by atoms with van der Waals surface area (Å²) in [5, 5.41) is 3.58. The van der Waals surface area contributed by atoms with Crippen molar-refractivity contribution in [3.05, 3.63) is 100 Å². The number of rotatable bonds is 7. The number of methoxy groups -OCH3 is 1. The molecule has 1 heterocycles. The van der Waals surface area contributed by atoms with Crippen LogP contribution in [0.25, 0.3) is 0 Å². The first-order valence-electron chi connectivity index (χ1n) is 10.1. The van der Waals surface area contributed by atoms with E-state index < -0.39 is 0 Å². The van der Waals surface area contributed by atoms with Crippen molar-refractivity contribution in [1.29, 1.82) is 0 Å². The molecule has 0 saturated carbocycles. The van der Waals surface area contributed by atoms with E-state index >= 15 is 0 Å². The molecule has 4 rings (SSSR count). The van der Waals surface area contributed by atoms with Gasteiger partial charge in [-0.3, -0.25) is 9.59 Å². The zero-order chi connectivity index (χ0) is 21.8. The van der Waals surface area contributed by atoms with Crippen LogP contribution >= 0.6 is 11.6 Å². The van der Waals surface area contributed by atoms with E-state index in [0.717, 1.165) is 22.4 Å². The Kier molecular flexibility index (Phi) is 6.23. The van der Waals surface area contributed by atoms with Gasteiger partial charge in [0.25, 0.3) is 5.91 Å². The predicted octanol–water partition coefficient (Wildman–Crippen LogP) is 4.75. The summed E-state index contributed by atoms with van der Waals surface area (Å²) in [6.07, 6.45) is 0.159. The van der Waals surface area contributed by atoms with E-state index in [2.05, 4.69) is 5.32 Å². The Morgan fingerprint density at radius 3 is 2.58 bits per heavy atom. The van der Waals surface area contributed by atoms with Crippen molar-refractivity contribution in [1.82, 2.24) is 10.2 Å². The number of carbonyl (C=O) groups is 2. The number of carbonyl (C=O) groups excluding carboxylic acids is 2. The summed E-state index contributed by atoms with van der Waals surface area (Å²) in [7, 11) is 1.61. The lowest BCUT2D eigenvalue weighted by Crippen LogP contribution is -2.34. The van der Waals surface area contributed by atoms with Crippen LogP contribution in [0, 0.1) is 0 Å². The standard InChI is InChI=1S/C25H23ClN2O3/c1-31-21-11-9-18(10-12-21)23(28-16-19-6-2-3-8-22(19)25(28)30)14-24(29)27-15-17-5-4-7-20(26)13-17/h2-13,23H,14-16H2,1H3,(H,27,29). The largest absolute Gasteiger partial charge is 0.497 e. The van der Waals surface area contributed by atoms with Crippen LogP contribution in [0.2, 0.25) is 5.02 Å². The fourth-order valence-corrected chi connectivity index (χ4v) is 4.07. The smallest absolute Gasteiger partial charge is 0.255 e. The van der Waals surface area contributed by atoms with Crippen LogP contribution in [-0.2, 0) is 17.9 Å². The SMILES string of the molecule is COc1ccc(C(CC(=O)NCc2cccc(Cl)c2)N2Cc3ccccc3C2=O)cc1. The van der Waals surface area contributed by atoms with Gasteiger partial charge in [-0.05, 0) is 47.0 Å². The van der Waals surface area contributed by atoms with Crippen molar-refractivity contribution < 1.29 is 14.3 Å². The summed E-state index contributed by atoms with van der Waals surface area (Å²) in [6, 6.07) is 22.1. The Morgan fingerprint density at radius 1 is 1.10 bits per heavy atom. The molecule has 0 radical (unpaired) electrons. The number of fused-ring (bicyclic) bond motifs is 1. The van der Waals surface area contributed by atoms with Crippen LogP contribution in [-0.4, -0.2) is 23.8 Å². The first kappa shape index (κ1) is 20.9. The highest BCUT2D eigenvalue weighted by atomic mass is 35.5. The van der Waals surface area contributed by atoms with Gasteiger partial charge in [0.2, 0.25) is 5.91 Å². The normalized spacial score (nSPS) is 13.6. The zero-order valence-electron chi connectivity index (χ0n) is 17.2. The topological polar surface area (TPSA) is 58.6 Å². The molecule has 5 nitrogen and oxygen atoms in total. The van der Waals surface area contributed by atoms with Gasteiger partial charge in [0.05, 0.1) is 19.6 Å². The number of ether oxygens (including phenoxy) is 1. The summed E-state index contributed by atoms with van der Waals surface area (Å²) in [5.41, 5.74) is 3.48. The van der Waals surface area contributed by atoms with Crippen LogP contribution in [0.5, 0.6) is 5.75 Å². The number of nitrogens with zero attached hydrogens (tertiary/aromatic N) is 1. The highest BCUT2D eigenvalue weighted by Gasteiger charge is 2.34. The molecule has 1 aliphatic heterocycles. The van der Waals surface area contributed by atoms with Crippen LogP contribution in [0.15, 0.2) is 72.8 Å². The number of nitrogens with one attached hydrogen (secondary N) is 1. The molecule has 0 spiro atoms. The second kappa shape index (κ2) is 9.23. The van der Waals surface area contributed by atoms with Crippen LogP contribution in [0.1, 0.15) is 39.5 Å². The number of hydrogen-bond acceptors (Lipinski definition) is 3. The molecule has 3 aromatic carbocycles. The molecule has 31 heavy (non-hydrogen) atoms. The quantitative estimate of drug-likeness (QED) is 0.583. The number of hydrogen-bond donors (Lipinski definition) is 1. The second-order valence-electron chi connectivity index (χ2n) is 7.49. The Labute approximate surface area is 186 Å². The number of amides is 2. The van der Waals surface area contributed by atoms with Crippen molar-refractivity contribution in [2.24, 2.45) is 0 Å². The van der Waals surface area contributed by atoms with E-state index in [9.17, 15) is 9.59 Å². The third-order valence-electron chi connectivity index (χ3n) is 5.48. The molecule has 3 aromatic rings. The van der Waals surface area contributed by atoms with Gasteiger partial charge >= 0.3 is 0 Å². The van der Waals surface area contributed by atoms with Gasteiger partial charge in [0.1, 0.15) is 5.75 Å². The number of benzene rings is 3. The minimum Gasteiger partial charge on any atom is -0.497 e. The lowest BCUT2D eigenvalue weighted by Gasteiger charge is -2.28. The molecule has 0 fully saturated rings. The maximum atomic E-state index is 13.1. The van der Waals surface area contributed by atoms with Gasteiger partial charge in [-0.2, -0.15) is 0 Å². The summed E-state index contributed by atoms with van der Waals surface area (Å²) >= 11 is 6.03. The minimum atomic E-state index is -0.384. The van der Waals surface area contributed by atoms with Crippen molar-refractivity contribution in [3.63, 3.8) is 0 Å². The van der Waals surface area contributed by atoms with Gasteiger partial charge in [-0.1, -0.05) is 54.1 Å². The molecule has 158 valence electrons. The average molecular weight is 435 g/mol. The summed E-state index contributed by atoms with van der Waals surface area (Å²) < 4.78 is 5.25. The first-order valence-corrected chi connectivity index (χ1v) is 10.5. The van der Waals surface area contributed by atoms with Crippen LogP contribution < -0.4 is 10.1 Å². The van der Waals surface area contributed by atoms with Gasteiger partial charge in [0.15, 0.2) is 0 Å². The summed E-state index contributed by atoms with van der Waals surface area (Å²) in [6.45, 7) is 0.857. The van der Waals surface area contributed by atoms with E-state index in [1.807, 2.05) is 66.7 Å². The molecule has 0 aliphatic carbocycles. The summed E-state index contributed by atoms with van der Waals surface area (Å²) in [4.78, 5) is 27.7. The minimum absolute atomic E-state index is 0.0564. The Hall–Kier alpha value is -3.31. The fraction of sp³-hybridized carbons (Fsp3) is 0.200. The third-order valence-corrected chi connectivity index (χ3v) is 5.72. The van der Waals surface area contributed by atoms with Crippen LogP contribution in [0.4, 0.5) is 0 Å². The average Bonchev–Trinajstić information content (AvgIpc) is 3.13. The Balaban J connectivity index is 1.54.